The molecule has 1 fully saturated rings. The predicted molar refractivity (Wildman–Crippen MR) is 55.1 cm³/mol. The van der Waals surface area contributed by atoms with E-state index in [-0.39, 0.29) is 0 Å². The van der Waals surface area contributed by atoms with E-state index in [9.17, 15) is 0 Å². The van der Waals surface area contributed by atoms with Gasteiger partial charge in [-0.1, -0.05) is 13.3 Å². The molecule has 1 nitrogen and oxygen atoms in total. The van der Waals surface area contributed by atoms with Crippen molar-refractivity contribution < 1.29 is 4.74 Å². The molecule has 3 unspecified atom stereocenters. The Morgan fingerprint density at radius 3 is 2.50 bits per heavy atom. The monoisotopic (exact) mass is 185 g/mol. The maximum atomic E-state index is 5.26. The van der Waals surface area contributed by atoms with Gasteiger partial charge in [0.15, 0.2) is 0 Å². The van der Waals surface area contributed by atoms with E-state index < -0.39 is 0 Å². The lowest BCUT2D eigenvalue weighted by molar-refractivity contribution is 0.131. The largest absolute Gasteiger partial charge is 0.384 e. The van der Waals surface area contributed by atoms with Crippen molar-refractivity contribution in [2.24, 2.45) is 11.8 Å². The molecule has 0 saturated heterocycles. The van der Waals surface area contributed by atoms with Gasteiger partial charge in [-0.25, -0.2) is 0 Å². The van der Waals surface area contributed by atoms with Crippen molar-refractivity contribution in [2.75, 3.05) is 13.7 Å². The Bertz CT molecular complexity index is 127. The zero-order valence-electron chi connectivity index (χ0n) is 8.55. The Hall–Kier alpha value is 0.177. The summed E-state index contributed by atoms with van der Waals surface area (Å²) >= 11 is 0. The van der Waals surface area contributed by atoms with Crippen LogP contribution in [0.3, 0.4) is 0 Å². The molecule has 1 aliphatic carbocycles. The summed E-state index contributed by atoms with van der Waals surface area (Å²) in [7, 11) is 2.52. The van der Waals surface area contributed by atoms with Crippen LogP contribution in [0, 0.1) is 11.8 Å². The summed E-state index contributed by atoms with van der Waals surface area (Å²) in [5.74, 6) is 1.83. The van der Waals surface area contributed by atoms with Crippen molar-refractivity contribution in [1.82, 2.24) is 0 Å². The molecule has 0 amide bonds. The Labute approximate surface area is 78.7 Å². The van der Waals surface area contributed by atoms with Gasteiger partial charge >= 0.3 is 0 Å². The molecule has 0 aromatic carbocycles. The van der Waals surface area contributed by atoms with Crippen LogP contribution in [-0.4, -0.2) is 23.2 Å². The highest BCUT2D eigenvalue weighted by Crippen LogP contribution is 2.41. The van der Waals surface area contributed by atoms with Gasteiger partial charge in [0.1, 0.15) is 0 Å². The third kappa shape index (κ3) is 2.33. The number of rotatable bonds is 4. The fourth-order valence-corrected chi connectivity index (χ4v) is 3.69. The van der Waals surface area contributed by atoms with Crippen LogP contribution in [0.2, 0.25) is 12.1 Å². The number of ether oxygens (including phenoxy) is 1. The zero-order valence-corrected chi connectivity index (χ0v) is 9.70. The van der Waals surface area contributed by atoms with Gasteiger partial charge in [-0.3, -0.25) is 0 Å². The fraction of sp³-hybridized carbons (Fsp3) is 1.00. The Morgan fingerprint density at radius 2 is 2.00 bits per heavy atom. The highest BCUT2D eigenvalue weighted by atomic mass is 28.2. The van der Waals surface area contributed by atoms with Gasteiger partial charge in [-0.15, -0.1) is 0 Å². The van der Waals surface area contributed by atoms with E-state index in [1.165, 1.54) is 19.3 Å². The molecule has 2 heteroatoms. The first-order valence-corrected chi connectivity index (χ1v) is 6.92. The van der Waals surface area contributed by atoms with Crippen LogP contribution < -0.4 is 0 Å². The topological polar surface area (TPSA) is 9.23 Å². The summed E-state index contributed by atoms with van der Waals surface area (Å²) < 4.78 is 5.26. The first-order valence-electron chi connectivity index (χ1n) is 5.10. The number of hydrogen-bond donors (Lipinski definition) is 0. The summed E-state index contributed by atoms with van der Waals surface area (Å²) in [5.41, 5.74) is 1.06. The van der Waals surface area contributed by atoms with Crippen LogP contribution in [0.1, 0.15) is 26.2 Å². The van der Waals surface area contributed by atoms with E-state index in [2.05, 4.69) is 13.5 Å². The summed E-state index contributed by atoms with van der Waals surface area (Å²) in [6, 6.07) is 0. The molecule has 12 heavy (non-hydrogen) atoms. The number of hydrogen-bond acceptors (Lipinski definition) is 1. The molecule has 1 aliphatic rings. The van der Waals surface area contributed by atoms with E-state index in [0.29, 0.717) is 9.52 Å². The highest BCUT2D eigenvalue weighted by molar-refractivity contribution is 6.35. The minimum atomic E-state index is 0.690. The Morgan fingerprint density at radius 1 is 1.33 bits per heavy atom. The van der Waals surface area contributed by atoms with E-state index in [1.54, 1.807) is 0 Å². The van der Waals surface area contributed by atoms with Crippen molar-refractivity contribution in [3.8, 4) is 0 Å². The second-order valence-corrected chi connectivity index (χ2v) is 5.56. The lowest BCUT2D eigenvalue weighted by Crippen LogP contribution is -2.12. The van der Waals surface area contributed by atoms with Crippen LogP contribution >= 0.6 is 0 Å². The van der Waals surface area contributed by atoms with Gasteiger partial charge in [-0.2, -0.15) is 0 Å². The minimum Gasteiger partial charge on any atom is -0.384 e. The van der Waals surface area contributed by atoms with Gasteiger partial charge in [0.2, 0.25) is 0 Å². The molecule has 0 bridgehead atoms. The molecule has 3 atom stereocenters. The van der Waals surface area contributed by atoms with Gasteiger partial charge in [0.05, 0.1) is 12.1 Å². The van der Waals surface area contributed by atoms with Crippen LogP contribution in [0.15, 0.2) is 0 Å². The second-order valence-electron chi connectivity index (χ2n) is 3.95. The van der Waals surface area contributed by atoms with Crippen molar-refractivity contribution in [3.63, 3.8) is 0 Å². The van der Waals surface area contributed by atoms with E-state index >= 15 is 0 Å². The van der Waals surface area contributed by atoms with E-state index in [0.717, 1.165) is 24.0 Å². The van der Waals surface area contributed by atoms with Gasteiger partial charge < -0.3 is 4.74 Å². The SMILES string of the molecule is CCC1CC([SiH+]C)CC1COC. The smallest absolute Gasteiger partial charge is 0.298 e. The van der Waals surface area contributed by atoms with E-state index in [1.807, 2.05) is 7.11 Å². The average molecular weight is 185 g/mol. The van der Waals surface area contributed by atoms with Crippen LogP contribution in [0.5, 0.6) is 0 Å². The fourth-order valence-electron chi connectivity index (χ4n) is 2.45. The van der Waals surface area contributed by atoms with Gasteiger partial charge in [0, 0.05) is 13.7 Å². The lowest BCUT2D eigenvalue weighted by atomic mass is 9.95. The van der Waals surface area contributed by atoms with Gasteiger partial charge in [0.25, 0.3) is 9.52 Å². The van der Waals surface area contributed by atoms with Crippen molar-refractivity contribution >= 4 is 9.52 Å². The molecule has 1 rings (SSSR count). The molecule has 0 aromatic rings. The van der Waals surface area contributed by atoms with E-state index in [4.69, 9.17) is 4.74 Å². The standard InChI is InChI=1S/C10H21OSi/c1-4-8-5-10(12-3)6-9(8)7-11-2/h8-10,12H,4-7H2,1-3H3/q+1. The van der Waals surface area contributed by atoms with Crippen LogP contribution in [0.25, 0.3) is 0 Å². The molecule has 0 heterocycles. The molecule has 70 valence electrons. The second kappa shape index (κ2) is 5.03. The quantitative estimate of drug-likeness (QED) is 0.611. The predicted octanol–water partition coefficient (Wildman–Crippen LogP) is 2.34. The normalized spacial score (nSPS) is 35.4. The van der Waals surface area contributed by atoms with Crippen LogP contribution in [0.4, 0.5) is 0 Å². The first-order chi connectivity index (χ1) is 5.81. The maximum Gasteiger partial charge on any atom is 0.298 e. The molecule has 0 aromatic heterocycles. The van der Waals surface area contributed by atoms with Crippen LogP contribution in [-0.2, 0) is 4.74 Å². The Kier molecular flexibility index (Phi) is 4.30. The first kappa shape index (κ1) is 10.3. The summed E-state index contributed by atoms with van der Waals surface area (Å²) in [4.78, 5) is 0. The molecule has 0 radical (unpaired) electrons. The van der Waals surface area contributed by atoms with Crippen molar-refractivity contribution in [1.29, 1.82) is 0 Å². The zero-order chi connectivity index (χ0) is 8.97. The number of methoxy groups -OCH3 is 1. The maximum absolute atomic E-state index is 5.26. The minimum absolute atomic E-state index is 0.690. The molecular weight excluding hydrogens is 164 g/mol. The highest BCUT2D eigenvalue weighted by Gasteiger charge is 2.36. The summed E-state index contributed by atoms with van der Waals surface area (Å²) in [6.45, 7) is 5.71. The average Bonchev–Trinajstić information content (AvgIpc) is 2.48. The van der Waals surface area contributed by atoms with Crippen molar-refractivity contribution in [2.45, 2.75) is 38.3 Å². The molecule has 1 saturated carbocycles. The molecule has 0 aliphatic heterocycles. The summed E-state index contributed by atoms with van der Waals surface area (Å²) in [5, 5.41) is 0. The molecular formula is C10H21OSi+. The third-order valence-electron chi connectivity index (χ3n) is 3.25. The van der Waals surface area contributed by atoms with Crippen molar-refractivity contribution in [3.05, 3.63) is 0 Å². The Balaban J connectivity index is 2.39. The lowest BCUT2D eigenvalue weighted by Gasteiger charge is -2.15. The summed E-state index contributed by atoms with van der Waals surface area (Å²) in [6.07, 6.45) is 4.28. The molecule has 0 N–H and O–H groups in total. The third-order valence-corrected chi connectivity index (χ3v) is 4.74. The molecule has 0 spiro atoms. The van der Waals surface area contributed by atoms with Gasteiger partial charge in [-0.05, 0) is 24.7 Å².